The number of piperidine rings is 1. The smallest absolute Gasteiger partial charge is 0.225 e. The molecule has 5 rings (SSSR count). The molecule has 2 aliphatic heterocycles. The third-order valence-corrected chi connectivity index (χ3v) is 7.84. The van der Waals surface area contributed by atoms with Crippen LogP contribution in [0.25, 0.3) is 0 Å². The number of rotatable bonds is 8. The van der Waals surface area contributed by atoms with E-state index in [1.165, 1.54) is 6.07 Å². The van der Waals surface area contributed by atoms with Crippen LogP contribution < -0.4 is 20.3 Å². The number of ether oxygens (including phenoxy) is 1. The van der Waals surface area contributed by atoms with Crippen LogP contribution in [0.15, 0.2) is 49.1 Å². The first-order chi connectivity index (χ1) is 18.0. The molecule has 10 heteroatoms. The molecule has 0 saturated carbocycles. The zero-order valence-corrected chi connectivity index (χ0v) is 21.8. The first-order valence-corrected chi connectivity index (χ1v) is 13.3. The van der Waals surface area contributed by atoms with E-state index < -0.39 is 0 Å². The number of anilines is 2. The van der Waals surface area contributed by atoms with Gasteiger partial charge in [0, 0.05) is 38.1 Å². The van der Waals surface area contributed by atoms with E-state index in [1.807, 2.05) is 11.0 Å². The first kappa shape index (κ1) is 25.6. The maximum Gasteiger partial charge on any atom is 0.225 e. The molecular weight excluding hydrogens is 493 g/mol. The number of hydrogen-bond acceptors (Lipinski definition) is 8. The van der Waals surface area contributed by atoms with Gasteiger partial charge in [-0.05, 0) is 42.7 Å². The highest BCUT2D eigenvalue weighted by Gasteiger charge is 2.34. The Morgan fingerprint density at radius 2 is 1.65 bits per heavy atom. The van der Waals surface area contributed by atoms with Crippen molar-refractivity contribution in [2.24, 2.45) is 17.6 Å². The summed E-state index contributed by atoms with van der Waals surface area (Å²) in [5, 5.41) is 0.556. The first-order valence-electron chi connectivity index (χ1n) is 12.9. The van der Waals surface area contributed by atoms with Crippen molar-refractivity contribution in [1.29, 1.82) is 0 Å². The van der Waals surface area contributed by atoms with Gasteiger partial charge in [0.25, 0.3) is 0 Å². The maximum atomic E-state index is 14.3. The van der Waals surface area contributed by atoms with Gasteiger partial charge < -0.3 is 20.3 Å². The van der Waals surface area contributed by atoms with Gasteiger partial charge in [0.05, 0.1) is 36.4 Å². The van der Waals surface area contributed by atoms with Crippen LogP contribution >= 0.6 is 11.6 Å². The van der Waals surface area contributed by atoms with Crippen LogP contribution in [0.2, 0.25) is 5.02 Å². The van der Waals surface area contributed by atoms with Crippen LogP contribution in [0, 0.1) is 17.7 Å². The summed E-state index contributed by atoms with van der Waals surface area (Å²) in [4.78, 5) is 21.9. The fraction of sp³-hybridized carbons (Fsp3) is 0.481. The molecule has 0 amide bonds. The molecule has 196 valence electrons. The van der Waals surface area contributed by atoms with Crippen molar-refractivity contribution < 1.29 is 9.13 Å². The molecule has 3 atom stereocenters. The molecule has 0 bridgehead atoms. The lowest BCUT2D eigenvalue weighted by atomic mass is 9.84. The third-order valence-electron chi connectivity index (χ3n) is 7.64. The van der Waals surface area contributed by atoms with Crippen LogP contribution in [0.5, 0.6) is 5.75 Å². The lowest BCUT2D eigenvalue weighted by Crippen LogP contribution is -2.36. The Kier molecular flexibility index (Phi) is 8.00. The van der Waals surface area contributed by atoms with Crippen molar-refractivity contribution in [2.75, 3.05) is 42.6 Å². The van der Waals surface area contributed by atoms with Gasteiger partial charge in [-0.1, -0.05) is 36.7 Å². The Morgan fingerprint density at radius 3 is 2.35 bits per heavy atom. The quantitative estimate of drug-likeness (QED) is 0.465. The second-order valence-corrected chi connectivity index (χ2v) is 10.5. The average Bonchev–Trinajstić information content (AvgIpc) is 3.31. The summed E-state index contributed by atoms with van der Waals surface area (Å²) in [6.07, 6.45) is 9.89. The molecule has 3 aromatic rings. The Morgan fingerprint density at radius 1 is 1.00 bits per heavy atom. The molecule has 2 saturated heterocycles. The summed E-state index contributed by atoms with van der Waals surface area (Å²) in [5.41, 5.74) is 6.98. The molecule has 8 nitrogen and oxygen atoms in total. The van der Waals surface area contributed by atoms with Crippen molar-refractivity contribution in [1.82, 2.24) is 19.9 Å². The summed E-state index contributed by atoms with van der Waals surface area (Å²) in [6, 6.07) is 6.65. The molecule has 4 heterocycles. The molecule has 1 aromatic carbocycles. The van der Waals surface area contributed by atoms with Gasteiger partial charge in [0.15, 0.2) is 5.75 Å². The molecule has 2 fully saturated rings. The highest BCUT2D eigenvalue weighted by molar-refractivity contribution is 6.30. The van der Waals surface area contributed by atoms with Crippen LogP contribution in [0.3, 0.4) is 0 Å². The molecular formula is C27H33ClFN7O. The van der Waals surface area contributed by atoms with Gasteiger partial charge in [-0.3, -0.25) is 0 Å². The van der Waals surface area contributed by atoms with Gasteiger partial charge in [-0.15, -0.1) is 0 Å². The number of nitrogens with zero attached hydrogens (tertiary/aromatic N) is 6. The van der Waals surface area contributed by atoms with E-state index in [-0.39, 0.29) is 17.8 Å². The monoisotopic (exact) mass is 525 g/mol. The second-order valence-electron chi connectivity index (χ2n) is 10.1. The Hall–Kier alpha value is -3.04. The van der Waals surface area contributed by atoms with Crippen LogP contribution in [-0.2, 0) is 0 Å². The lowest BCUT2D eigenvalue weighted by molar-refractivity contribution is 0.222. The Labute approximate surface area is 222 Å². The fourth-order valence-electron chi connectivity index (χ4n) is 5.38. The van der Waals surface area contributed by atoms with Crippen molar-refractivity contribution in [2.45, 2.75) is 38.1 Å². The van der Waals surface area contributed by atoms with Crippen LogP contribution in [-0.4, -0.2) is 58.8 Å². The van der Waals surface area contributed by atoms with E-state index >= 15 is 0 Å². The number of halogens is 2. The summed E-state index contributed by atoms with van der Waals surface area (Å²) in [7, 11) is 0. The third kappa shape index (κ3) is 6.10. The average molecular weight is 526 g/mol. The Bertz CT molecular complexity index is 1160. The molecule has 2 N–H and O–H groups in total. The zero-order valence-electron chi connectivity index (χ0n) is 21.0. The fourth-order valence-corrected chi connectivity index (χ4v) is 5.48. The van der Waals surface area contributed by atoms with Crippen molar-refractivity contribution in [3.63, 3.8) is 0 Å². The predicted molar refractivity (Wildman–Crippen MR) is 143 cm³/mol. The predicted octanol–water partition coefficient (Wildman–Crippen LogP) is 4.31. The molecule has 0 aliphatic carbocycles. The number of hydrogen-bond donors (Lipinski definition) is 1. The normalized spacial score (nSPS) is 21.3. The lowest BCUT2D eigenvalue weighted by Gasteiger charge is -2.34. The number of aromatic nitrogens is 4. The van der Waals surface area contributed by atoms with Crippen molar-refractivity contribution >= 4 is 23.5 Å². The standard InChI is InChI=1S/C27H33ClFN7O/c1-18(19-6-9-35(10-7-19)26-31-12-20(28)13-32-26)8-11-37-21-14-33-27(34-15-21)36-16-23(25(30)17-36)22-4-2-3-5-24(22)29/h2-5,12-15,18-19,23,25H,6-11,16-17,30H2,1H3. The summed E-state index contributed by atoms with van der Waals surface area (Å²) in [6.45, 7) is 5.98. The van der Waals surface area contributed by atoms with E-state index in [1.54, 1.807) is 36.9 Å². The molecule has 2 aromatic heterocycles. The van der Waals surface area contributed by atoms with Gasteiger partial charge >= 0.3 is 0 Å². The molecule has 2 aliphatic rings. The van der Waals surface area contributed by atoms with Crippen LogP contribution in [0.1, 0.15) is 37.7 Å². The molecule has 0 spiro atoms. The largest absolute Gasteiger partial charge is 0.490 e. The highest BCUT2D eigenvalue weighted by Crippen LogP contribution is 2.31. The summed E-state index contributed by atoms with van der Waals surface area (Å²) >= 11 is 5.90. The molecule has 3 unspecified atom stereocenters. The summed E-state index contributed by atoms with van der Waals surface area (Å²) < 4.78 is 20.2. The highest BCUT2D eigenvalue weighted by atomic mass is 35.5. The van der Waals surface area contributed by atoms with Gasteiger partial charge in [-0.25, -0.2) is 24.3 Å². The maximum absolute atomic E-state index is 14.3. The van der Waals surface area contributed by atoms with Crippen molar-refractivity contribution in [3.05, 3.63) is 65.5 Å². The van der Waals surface area contributed by atoms with Gasteiger partial charge in [-0.2, -0.15) is 0 Å². The minimum absolute atomic E-state index is 0.0900. The van der Waals surface area contributed by atoms with Crippen molar-refractivity contribution in [3.8, 4) is 5.75 Å². The Balaban J connectivity index is 1.06. The van der Waals surface area contributed by atoms with E-state index in [9.17, 15) is 4.39 Å². The van der Waals surface area contributed by atoms with Gasteiger partial charge in [0.1, 0.15) is 5.82 Å². The molecule has 0 radical (unpaired) electrons. The SMILES string of the molecule is CC(CCOc1cnc(N2CC(N)C(c3ccccc3F)C2)nc1)C1CCN(c2ncc(Cl)cn2)CC1. The number of nitrogens with two attached hydrogens (primary N) is 1. The van der Waals surface area contributed by atoms with E-state index in [4.69, 9.17) is 22.1 Å². The molecule has 37 heavy (non-hydrogen) atoms. The minimum atomic E-state index is -0.218. The number of benzene rings is 1. The van der Waals surface area contributed by atoms with E-state index in [2.05, 4.69) is 31.8 Å². The minimum Gasteiger partial charge on any atom is -0.490 e. The van der Waals surface area contributed by atoms with Gasteiger partial charge in [0.2, 0.25) is 11.9 Å². The zero-order chi connectivity index (χ0) is 25.8. The van der Waals surface area contributed by atoms with Crippen LogP contribution in [0.4, 0.5) is 16.3 Å². The summed E-state index contributed by atoms with van der Waals surface area (Å²) in [5.74, 6) is 2.88. The van der Waals surface area contributed by atoms with E-state index in [0.717, 1.165) is 38.3 Å². The van der Waals surface area contributed by atoms with E-state index in [0.29, 0.717) is 53.8 Å². The topological polar surface area (TPSA) is 93.3 Å². The second kappa shape index (κ2) is 11.6.